The molecule has 2 atom stereocenters. The van der Waals surface area contributed by atoms with Crippen LogP contribution in [0, 0.1) is 17.8 Å². The maximum Gasteiger partial charge on any atom is -0.0360 e. The summed E-state index contributed by atoms with van der Waals surface area (Å²) in [5.41, 5.74) is 0. The monoisotopic (exact) mass is 126 g/mol. The van der Waals surface area contributed by atoms with Gasteiger partial charge in [-0.2, -0.15) is 0 Å². The minimum atomic E-state index is 0.946. The standard InChI is InChI=1S/C9H18/c1-4-5-8-6-9(8)7(2)3/h7-9H,4-6H2,1-3H3/t8-,9-/m1/s1. The molecule has 1 rings (SSSR count). The molecule has 0 bridgehead atoms. The first kappa shape index (κ1) is 7.11. The van der Waals surface area contributed by atoms with Crippen LogP contribution in [0.1, 0.15) is 40.0 Å². The predicted octanol–water partition coefficient (Wildman–Crippen LogP) is 3.08. The predicted molar refractivity (Wildman–Crippen MR) is 41.3 cm³/mol. The molecule has 1 aliphatic carbocycles. The fourth-order valence-electron chi connectivity index (χ4n) is 1.79. The Hall–Kier alpha value is 0. The maximum atomic E-state index is 2.35. The van der Waals surface area contributed by atoms with E-state index in [0.717, 1.165) is 17.8 Å². The van der Waals surface area contributed by atoms with E-state index in [4.69, 9.17) is 0 Å². The van der Waals surface area contributed by atoms with E-state index in [1.165, 1.54) is 19.3 Å². The van der Waals surface area contributed by atoms with Gasteiger partial charge >= 0.3 is 0 Å². The molecule has 0 aliphatic heterocycles. The van der Waals surface area contributed by atoms with E-state index in [-0.39, 0.29) is 0 Å². The summed E-state index contributed by atoms with van der Waals surface area (Å²) in [4.78, 5) is 0. The Kier molecular flexibility index (Phi) is 2.15. The Morgan fingerprint density at radius 1 is 1.44 bits per heavy atom. The molecule has 9 heavy (non-hydrogen) atoms. The van der Waals surface area contributed by atoms with Gasteiger partial charge in [0.2, 0.25) is 0 Å². The lowest BCUT2D eigenvalue weighted by atomic mass is 10.1. The molecular formula is C9H18. The van der Waals surface area contributed by atoms with Crippen molar-refractivity contribution >= 4 is 0 Å². The van der Waals surface area contributed by atoms with E-state index in [1.807, 2.05) is 0 Å². The normalized spacial score (nSPS) is 33.3. The van der Waals surface area contributed by atoms with Crippen LogP contribution in [0.3, 0.4) is 0 Å². The Morgan fingerprint density at radius 2 is 2.11 bits per heavy atom. The van der Waals surface area contributed by atoms with E-state index < -0.39 is 0 Å². The van der Waals surface area contributed by atoms with Crippen LogP contribution in [0.4, 0.5) is 0 Å². The average Bonchev–Trinajstić information content (AvgIpc) is 2.47. The zero-order valence-corrected chi connectivity index (χ0v) is 6.85. The number of hydrogen-bond donors (Lipinski definition) is 0. The van der Waals surface area contributed by atoms with Gasteiger partial charge in [0.15, 0.2) is 0 Å². The second-order valence-electron chi connectivity index (χ2n) is 3.69. The van der Waals surface area contributed by atoms with Gasteiger partial charge in [-0.25, -0.2) is 0 Å². The summed E-state index contributed by atoms with van der Waals surface area (Å²) in [5, 5.41) is 0. The van der Waals surface area contributed by atoms with Crippen LogP contribution in [-0.4, -0.2) is 0 Å². The number of rotatable bonds is 3. The first-order valence-electron chi connectivity index (χ1n) is 4.25. The molecule has 0 spiro atoms. The molecule has 0 saturated heterocycles. The van der Waals surface area contributed by atoms with E-state index in [2.05, 4.69) is 20.8 Å². The topological polar surface area (TPSA) is 0 Å². The molecule has 0 heterocycles. The van der Waals surface area contributed by atoms with Crippen LogP contribution in [0.2, 0.25) is 0 Å². The Morgan fingerprint density at radius 3 is 2.44 bits per heavy atom. The molecular weight excluding hydrogens is 108 g/mol. The molecule has 1 fully saturated rings. The van der Waals surface area contributed by atoms with Crippen LogP contribution in [-0.2, 0) is 0 Å². The molecule has 1 aliphatic rings. The van der Waals surface area contributed by atoms with Crippen LogP contribution >= 0.6 is 0 Å². The minimum absolute atomic E-state index is 0.946. The minimum Gasteiger partial charge on any atom is -0.0654 e. The molecule has 0 aromatic carbocycles. The summed E-state index contributed by atoms with van der Waals surface area (Å²) in [6.45, 7) is 6.98. The van der Waals surface area contributed by atoms with Crippen molar-refractivity contribution in [2.75, 3.05) is 0 Å². The average molecular weight is 126 g/mol. The van der Waals surface area contributed by atoms with Gasteiger partial charge in [0, 0.05) is 0 Å². The summed E-state index contributed by atoms with van der Waals surface area (Å²) in [6.07, 6.45) is 4.38. The second kappa shape index (κ2) is 2.72. The summed E-state index contributed by atoms with van der Waals surface area (Å²) in [6, 6.07) is 0. The molecule has 0 aromatic heterocycles. The molecule has 0 amide bonds. The molecule has 0 heteroatoms. The van der Waals surface area contributed by atoms with Crippen LogP contribution < -0.4 is 0 Å². The van der Waals surface area contributed by atoms with Gasteiger partial charge in [-0.3, -0.25) is 0 Å². The third-order valence-electron chi connectivity index (χ3n) is 2.49. The SMILES string of the molecule is CCC[C@@H]1C[C@@H]1C(C)C. The quantitative estimate of drug-likeness (QED) is 0.545. The highest BCUT2D eigenvalue weighted by molar-refractivity contribution is 4.87. The lowest BCUT2D eigenvalue weighted by molar-refractivity contribution is 0.501. The zero-order valence-electron chi connectivity index (χ0n) is 6.85. The smallest absolute Gasteiger partial charge is 0.0360 e. The van der Waals surface area contributed by atoms with Crippen molar-refractivity contribution in [3.05, 3.63) is 0 Å². The molecule has 0 N–H and O–H groups in total. The van der Waals surface area contributed by atoms with Gasteiger partial charge < -0.3 is 0 Å². The van der Waals surface area contributed by atoms with Crippen LogP contribution in [0.15, 0.2) is 0 Å². The lowest BCUT2D eigenvalue weighted by Gasteiger charge is -2.00. The zero-order chi connectivity index (χ0) is 6.85. The first-order valence-corrected chi connectivity index (χ1v) is 4.25. The highest BCUT2D eigenvalue weighted by Gasteiger charge is 2.37. The third-order valence-corrected chi connectivity index (χ3v) is 2.49. The highest BCUT2D eigenvalue weighted by Crippen LogP contribution is 2.46. The van der Waals surface area contributed by atoms with Crippen molar-refractivity contribution < 1.29 is 0 Å². The molecule has 1 saturated carbocycles. The largest absolute Gasteiger partial charge is 0.0654 e. The fraction of sp³-hybridized carbons (Fsp3) is 1.00. The van der Waals surface area contributed by atoms with E-state index in [9.17, 15) is 0 Å². The van der Waals surface area contributed by atoms with E-state index >= 15 is 0 Å². The lowest BCUT2D eigenvalue weighted by Crippen LogP contribution is -1.91. The fourth-order valence-corrected chi connectivity index (χ4v) is 1.79. The van der Waals surface area contributed by atoms with Crippen molar-refractivity contribution in [2.45, 2.75) is 40.0 Å². The van der Waals surface area contributed by atoms with E-state index in [1.54, 1.807) is 0 Å². The Balaban J connectivity index is 2.09. The number of hydrogen-bond acceptors (Lipinski definition) is 0. The van der Waals surface area contributed by atoms with E-state index in [0.29, 0.717) is 0 Å². The van der Waals surface area contributed by atoms with Crippen molar-refractivity contribution in [1.82, 2.24) is 0 Å². The summed E-state index contributed by atoms with van der Waals surface area (Å²) in [5.74, 6) is 3.14. The second-order valence-corrected chi connectivity index (χ2v) is 3.69. The first-order chi connectivity index (χ1) is 4.25. The van der Waals surface area contributed by atoms with Gasteiger partial charge in [-0.05, 0) is 24.2 Å². The molecule has 0 nitrogen and oxygen atoms in total. The van der Waals surface area contributed by atoms with Crippen molar-refractivity contribution in [2.24, 2.45) is 17.8 Å². The molecule has 0 radical (unpaired) electrons. The van der Waals surface area contributed by atoms with Crippen molar-refractivity contribution in [1.29, 1.82) is 0 Å². The van der Waals surface area contributed by atoms with Crippen LogP contribution in [0.5, 0.6) is 0 Å². The molecule has 0 unspecified atom stereocenters. The molecule has 54 valence electrons. The maximum absolute atomic E-state index is 2.35. The van der Waals surface area contributed by atoms with Gasteiger partial charge in [0.25, 0.3) is 0 Å². The van der Waals surface area contributed by atoms with Crippen LogP contribution in [0.25, 0.3) is 0 Å². The van der Waals surface area contributed by atoms with Crippen molar-refractivity contribution in [3.8, 4) is 0 Å². The Labute approximate surface area is 58.7 Å². The summed E-state index contributed by atoms with van der Waals surface area (Å²) < 4.78 is 0. The van der Waals surface area contributed by atoms with Gasteiger partial charge in [-0.1, -0.05) is 33.6 Å². The Bertz CT molecular complexity index is 84.0. The third kappa shape index (κ3) is 1.70. The van der Waals surface area contributed by atoms with Crippen molar-refractivity contribution in [3.63, 3.8) is 0 Å². The summed E-state index contributed by atoms with van der Waals surface area (Å²) in [7, 11) is 0. The van der Waals surface area contributed by atoms with Gasteiger partial charge in [0.05, 0.1) is 0 Å². The summed E-state index contributed by atoms with van der Waals surface area (Å²) >= 11 is 0. The van der Waals surface area contributed by atoms with Gasteiger partial charge in [0.1, 0.15) is 0 Å². The molecule has 0 aromatic rings. The van der Waals surface area contributed by atoms with Gasteiger partial charge in [-0.15, -0.1) is 0 Å². The highest BCUT2D eigenvalue weighted by atomic mass is 14.4.